The summed E-state index contributed by atoms with van der Waals surface area (Å²) in [5.41, 5.74) is 6.26. The van der Waals surface area contributed by atoms with Crippen molar-refractivity contribution >= 4 is 11.6 Å². The molecule has 0 aliphatic rings. The van der Waals surface area contributed by atoms with Gasteiger partial charge in [0.1, 0.15) is 11.5 Å². The van der Waals surface area contributed by atoms with Gasteiger partial charge in [-0.3, -0.25) is 9.89 Å². The van der Waals surface area contributed by atoms with Crippen LogP contribution in [0.4, 0.5) is 10.1 Å². The Morgan fingerprint density at radius 2 is 2.00 bits per heavy atom. The van der Waals surface area contributed by atoms with E-state index in [1.807, 2.05) is 13.8 Å². The van der Waals surface area contributed by atoms with Gasteiger partial charge in [0.15, 0.2) is 0 Å². The highest BCUT2D eigenvalue weighted by Gasteiger charge is 2.25. The first-order valence-corrected chi connectivity index (χ1v) is 5.77. The van der Waals surface area contributed by atoms with Gasteiger partial charge in [-0.25, -0.2) is 4.39 Å². The van der Waals surface area contributed by atoms with Crippen molar-refractivity contribution in [2.45, 2.75) is 19.4 Å². The summed E-state index contributed by atoms with van der Waals surface area (Å²) in [6.07, 6.45) is 1.37. The minimum Gasteiger partial charge on any atom is -0.396 e. The molecule has 1 heterocycles. The Morgan fingerprint density at radius 3 is 2.53 bits per heavy atom. The molecule has 0 atom stereocenters. The Morgan fingerprint density at radius 1 is 1.37 bits per heavy atom. The molecule has 0 saturated heterocycles. The molecule has 1 amide bonds. The molecular weight excluding hydrogens is 247 g/mol. The third kappa shape index (κ3) is 2.73. The van der Waals surface area contributed by atoms with Crippen molar-refractivity contribution in [1.82, 2.24) is 15.5 Å². The van der Waals surface area contributed by atoms with Crippen molar-refractivity contribution in [1.29, 1.82) is 0 Å². The number of H-pyrrole nitrogens is 1. The standard InChI is InChI=1S/C13H15FN4O/c1-13(2,8-3-5-9(14)6-4-8)17-12(19)11-10(15)7-16-18-11/h3-7H,15H2,1-2H3,(H,16,18)(H,17,19). The van der Waals surface area contributed by atoms with Crippen molar-refractivity contribution in [3.05, 3.63) is 47.5 Å². The van der Waals surface area contributed by atoms with Crippen molar-refractivity contribution in [3.63, 3.8) is 0 Å². The summed E-state index contributed by atoms with van der Waals surface area (Å²) in [6.45, 7) is 3.65. The monoisotopic (exact) mass is 262 g/mol. The predicted octanol–water partition coefficient (Wildman–Crippen LogP) is 1.80. The van der Waals surface area contributed by atoms with Gasteiger partial charge in [0, 0.05) is 0 Å². The Labute approximate surface area is 110 Å². The lowest BCUT2D eigenvalue weighted by Crippen LogP contribution is -2.41. The van der Waals surface area contributed by atoms with Crippen LogP contribution in [0.5, 0.6) is 0 Å². The number of halogens is 1. The number of hydrogen-bond acceptors (Lipinski definition) is 3. The van der Waals surface area contributed by atoms with E-state index in [0.29, 0.717) is 0 Å². The minimum absolute atomic E-state index is 0.218. The number of amides is 1. The van der Waals surface area contributed by atoms with Gasteiger partial charge in [-0.1, -0.05) is 12.1 Å². The van der Waals surface area contributed by atoms with Crippen LogP contribution in [0.3, 0.4) is 0 Å². The summed E-state index contributed by atoms with van der Waals surface area (Å²) in [6, 6.07) is 5.97. The largest absolute Gasteiger partial charge is 0.396 e. The zero-order valence-electron chi connectivity index (χ0n) is 10.7. The van der Waals surface area contributed by atoms with E-state index in [1.165, 1.54) is 18.3 Å². The molecule has 0 aliphatic heterocycles. The second-order valence-electron chi connectivity index (χ2n) is 4.79. The lowest BCUT2D eigenvalue weighted by molar-refractivity contribution is 0.0908. The fourth-order valence-corrected chi connectivity index (χ4v) is 1.76. The summed E-state index contributed by atoms with van der Waals surface area (Å²) >= 11 is 0. The van der Waals surface area contributed by atoms with Gasteiger partial charge in [-0.2, -0.15) is 5.10 Å². The molecule has 0 fully saturated rings. The second-order valence-corrected chi connectivity index (χ2v) is 4.79. The highest BCUT2D eigenvalue weighted by molar-refractivity contribution is 5.97. The summed E-state index contributed by atoms with van der Waals surface area (Å²) in [7, 11) is 0. The van der Waals surface area contributed by atoms with Crippen LogP contribution < -0.4 is 11.1 Å². The van der Waals surface area contributed by atoms with Crippen molar-refractivity contribution in [2.24, 2.45) is 0 Å². The lowest BCUT2D eigenvalue weighted by atomic mass is 9.94. The van der Waals surface area contributed by atoms with E-state index in [9.17, 15) is 9.18 Å². The molecule has 1 aromatic carbocycles. The molecule has 0 radical (unpaired) electrons. The van der Waals surface area contributed by atoms with Crippen LogP contribution in [0.25, 0.3) is 0 Å². The molecule has 4 N–H and O–H groups in total. The van der Waals surface area contributed by atoms with Gasteiger partial charge in [-0.15, -0.1) is 0 Å². The minimum atomic E-state index is -0.650. The van der Waals surface area contributed by atoms with Crippen LogP contribution in [-0.4, -0.2) is 16.1 Å². The third-order valence-corrected chi connectivity index (χ3v) is 2.89. The molecule has 2 aromatic rings. The number of nitrogens with zero attached hydrogens (tertiary/aromatic N) is 1. The first-order chi connectivity index (χ1) is 8.90. The van der Waals surface area contributed by atoms with Gasteiger partial charge in [0.2, 0.25) is 0 Å². The van der Waals surface area contributed by atoms with Crippen molar-refractivity contribution in [3.8, 4) is 0 Å². The number of rotatable bonds is 3. The predicted molar refractivity (Wildman–Crippen MR) is 69.9 cm³/mol. The Hall–Kier alpha value is -2.37. The zero-order valence-corrected chi connectivity index (χ0v) is 10.7. The molecule has 2 rings (SSSR count). The molecule has 100 valence electrons. The SMILES string of the molecule is CC(C)(NC(=O)c1[nH]ncc1N)c1ccc(F)cc1. The number of aromatic nitrogens is 2. The first kappa shape index (κ1) is 13.1. The number of nitrogens with two attached hydrogens (primary N) is 1. The number of hydrogen-bond donors (Lipinski definition) is 3. The Kier molecular flexibility index (Phi) is 3.25. The number of nitrogens with one attached hydrogen (secondary N) is 2. The number of nitrogen functional groups attached to an aromatic ring is 1. The average Bonchev–Trinajstić information content (AvgIpc) is 2.75. The van der Waals surface area contributed by atoms with E-state index in [4.69, 9.17) is 5.73 Å². The van der Waals surface area contributed by atoms with E-state index in [0.717, 1.165) is 5.56 Å². The van der Waals surface area contributed by atoms with E-state index >= 15 is 0 Å². The van der Waals surface area contributed by atoms with Gasteiger partial charge in [0.05, 0.1) is 17.4 Å². The van der Waals surface area contributed by atoms with E-state index in [1.54, 1.807) is 12.1 Å². The van der Waals surface area contributed by atoms with Crippen molar-refractivity contribution < 1.29 is 9.18 Å². The van der Waals surface area contributed by atoms with Gasteiger partial charge >= 0.3 is 0 Å². The molecule has 0 saturated carbocycles. The van der Waals surface area contributed by atoms with E-state index < -0.39 is 5.54 Å². The molecule has 6 heteroatoms. The number of carbonyl (C=O) groups excluding carboxylic acids is 1. The molecule has 19 heavy (non-hydrogen) atoms. The molecule has 1 aromatic heterocycles. The summed E-state index contributed by atoms with van der Waals surface area (Å²) in [5.74, 6) is -0.673. The van der Waals surface area contributed by atoms with Crippen LogP contribution in [0, 0.1) is 5.82 Å². The zero-order chi connectivity index (χ0) is 14.0. The normalized spacial score (nSPS) is 11.3. The number of carbonyl (C=O) groups is 1. The van der Waals surface area contributed by atoms with Crippen LogP contribution in [0.1, 0.15) is 29.9 Å². The maximum absolute atomic E-state index is 12.9. The molecule has 0 bridgehead atoms. The summed E-state index contributed by atoms with van der Waals surface area (Å²) < 4.78 is 12.9. The highest BCUT2D eigenvalue weighted by atomic mass is 19.1. The topological polar surface area (TPSA) is 83.8 Å². The van der Waals surface area contributed by atoms with E-state index in [-0.39, 0.29) is 23.1 Å². The second kappa shape index (κ2) is 4.72. The lowest BCUT2D eigenvalue weighted by Gasteiger charge is -2.26. The van der Waals surface area contributed by atoms with Gasteiger partial charge in [-0.05, 0) is 31.5 Å². The summed E-state index contributed by atoms with van der Waals surface area (Å²) in [5, 5.41) is 9.06. The Balaban J connectivity index is 2.19. The molecule has 0 spiro atoms. The maximum atomic E-state index is 12.9. The maximum Gasteiger partial charge on any atom is 0.272 e. The number of anilines is 1. The van der Waals surface area contributed by atoms with Gasteiger partial charge in [0.25, 0.3) is 5.91 Å². The average molecular weight is 262 g/mol. The fourth-order valence-electron chi connectivity index (χ4n) is 1.76. The smallest absolute Gasteiger partial charge is 0.272 e. The van der Waals surface area contributed by atoms with Crippen LogP contribution in [0.2, 0.25) is 0 Å². The quantitative estimate of drug-likeness (QED) is 0.788. The van der Waals surface area contributed by atoms with Crippen LogP contribution >= 0.6 is 0 Å². The highest BCUT2D eigenvalue weighted by Crippen LogP contribution is 2.21. The number of aromatic amines is 1. The molecule has 0 unspecified atom stereocenters. The molecule has 5 nitrogen and oxygen atoms in total. The third-order valence-electron chi connectivity index (χ3n) is 2.89. The molecule has 0 aliphatic carbocycles. The van der Waals surface area contributed by atoms with Crippen molar-refractivity contribution in [2.75, 3.05) is 5.73 Å². The van der Waals surface area contributed by atoms with Gasteiger partial charge < -0.3 is 11.1 Å². The molecular formula is C13H15FN4O. The fraction of sp³-hybridized carbons (Fsp3) is 0.231. The summed E-state index contributed by atoms with van der Waals surface area (Å²) in [4.78, 5) is 12.0. The van der Waals surface area contributed by atoms with E-state index in [2.05, 4.69) is 15.5 Å². The Bertz CT molecular complexity index is 589. The van der Waals surface area contributed by atoms with Crippen LogP contribution in [0.15, 0.2) is 30.5 Å². The number of benzene rings is 1. The van der Waals surface area contributed by atoms with Crippen LogP contribution in [-0.2, 0) is 5.54 Å². The first-order valence-electron chi connectivity index (χ1n) is 5.77.